The van der Waals surface area contributed by atoms with Gasteiger partial charge in [0.2, 0.25) is 6.29 Å². The minimum Gasteiger partial charge on any atom is -1.00 e. The Bertz CT molecular complexity index is 2990. The van der Waals surface area contributed by atoms with Crippen molar-refractivity contribution in [1.82, 2.24) is 38.2 Å². The molecule has 8 aromatic rings. The van der Waals surface area contributed by atoms with E-state index in [1.165, 1.54) is 16.8 Å². The first kappa shape index (κ1) is 54.1. The molecule has 20 heteroatoms. The van der Waals surface area contributed by atoms with Gasteiger partial charge in [-0.05, 0) is 36.1 Å². The molecule has 4 aromatic carbocycles. The number of nitrogens with zero attached hydrogens (tertiary/aromatic N) is 8. The number of ether oxygens (including phenoxy) is 2. The quantitative estimate of drug-likeness (QED) is 0.0595. The van der Waals surface area contributed by atoms with Crippen LogP contribution in [0.5, 0.6) is 0 Å². The van der Waals surface area contributed by atoms with E-state index < -0.39 is 36.3 Å². The Morgan fingerprint density at radius 1 is 0.597 bits per heavy atom. The predicted octanol–water partition coefficient (Wildman–Crippen LogP) is 1.39. The molecule has 4 aromatic heterocycles. The standard InChI is InChI=1S/C14H14N2O3.2C12H12N2O2.C10H8N2.C4H6O3.B.Li.H/c1-2-19-14(18)13(17)12-10-6-4-3-5-9(10)11-7-15-8-16(11)12;2*15-6-11(16)12-9-4-2-1-3-8(9)10-5-13-7-14(10)12;1-2-4-9-8(3-1)6-12-7-11-5-10(9)12;1-2-7-4(6)3-5;;;/h3-8,12-13,17H,2H2,1H3;2*1-5,7,11-12,15-16H,6H2;1-5,7H,6H2;3H,2H2,1H3;;;/q;;;;;;+1;-1. The number of aliphatic hydroxyl groups excluding tert-OH is 5. The third-order valence-corrected chi connectivity index (χ3v) is 12.2. The first-order valence-electron chi connectivity index (χ1n) is 22.6. The second kappa shape index (κ2) is 24.8. The third kappa shape index (κ3) is 10.8. The van der Waals surface area contributed by atoms with E-state index in [1.807, 2.05) is 99.0 Å². The Morgan fingerprint density at radius 3 is 1.42 bits per heavy atom. The van der Waals surface area contributed by atoms with Gasteiger partial charge in [0.05, 0.1) is 117 Å². The molecule has 12 rings (SSSR count). The second-order valence-electron chi connectivity index (χ2n) is 16.3. The molecule has 6 unspecified atom stereocenters. The van der Waals surface area contributed by atoms with Crippen molar-refractivity contribution in [3.05, 3.63) is 169 Å². The minimum atomic E-state index is -1.23. The molecule has 3 radical (unpaired) electrons. The molecular weight excluding hydrogens is 914 g/mol. The molecule has 72 heavy (non-hydrogen) atoms. The minimum absolute atomic E-state index is 0. The van der Waals surface area contributed by atoms with Gasteiger partial charge >= 0.3 is 30.8 Å². The van der Waals surface area contributed by atoms with Gasteiger partial charge in [-0.15, -0.1) is 0 Å². The summed E-state index contributed by atoms with van der Waals surface area (Å²) in [6.07, 6.45) is 11.4. The van der Waals surface area contributed by atoms with Crippen LogP contribution in [-0.2, 0) is 30.4 Å². The number of imidazole rings is 4. The average molecular weight is 968 g/mol. The van der Waals surface area contributed by atoms with Crippen molar-refractivity contribution in [2.45, 2.75) is 56.8 Å². The molecule has 5 N–H and O–H groups in total. The Labute approximate surface area is 430 Å². The zero-order valence-electron chi connectivity index (χ0n) is 40.9. The number of benzene rings is 4. The van der Waals surface area contributed by atoms with E-state index >= 15 is 0 Å². The molecule has 4 aliphatic heterocycles. The number of hydrogen-bond donors (Lipinski definition) is 5. The number of esters is 2. The van der Waals surface area contributed by atoms with Crippen LogP contribution in [0.3, 0.4) is 0 Å². The molecule has 0 fully saturated rings. The van der Waals surface area contributed by atoms with Crippen LogP contribution in [0.25, 0.3) is 45.0 Å². The smallest absolute Gasteiger partial charge is 1.00 e. The summed E-state index contributed by atoms with van der Waals surface area (Å²) in [5.74, 6) is -1.41. The molecule has 0 spiro atoms. The number of aliphatic hydroxyl groups is 5. The van der Waals surface area contributed by atoms with E-state index in [0.717, 1.165) is 57.0 Å². The molecule has 0 amide bonds. The van der Waals surface area contributed by atoms with Crippen molar-refractivity contribution in [3.63, 3.8) is 0 Å². The third-order valence-electron chi connectivity index (χ3n) is 12.2. The van der Waals surface area contributed by atoms with Gasteiger partial charge in [-0.2, -0.15) is 0 Å². The first-order chi connectivity index (χ1) is 34.1. The van der Waals surface area contributed by atoms with Crippen LogP contribution < -0.4 is 18.9 Å². The van der Waals surface area contributed by atoms with Crippen molar-refractivity contribution in [2.24, 2.45) is 0 Å². The number of aromatic nitrogens is 8. The Morgan fingerprint density at radius 2 is 0.986 bits per heavy atom. The molecule has 0 aliphatic carbocycles. The molecule has 0 saturated carbocycles. The van der Waals surface area contributed by atoms with Crippen molar-refractivity contribution in [2.75, 3.05) is 26.4 Å². The number of carbonyl (C=O) groups is 3. The van der Waals surface area contributed by atoms with E-state index in [0.29, 0.717) is 0 Å². The number of rotatable bonds is 9. The van der Waals surface area contributed by atoms with Gasteiger partial charge in [0.25, 0.3) is 0 Å². The summed E-state index contributed by atoms with van der Waals surface area (Å²) in [5.41, 5.74) is 13.0. The van der Waals surface area contributed by atoms with Gasteiger partial charge in [0, 0.05) is 37.2 Å². The normalized spacial score (nSPS) is 16.1. The zero-order chi connectivity index (χ0) is 49.3. The monoisotopic (exact) mass is 967 g/mol. The van der Waals surface area contributed by atoms with E-state index in [2.05, 4.69) is 53.5 Å². The Hall–Kier alpha value is -7.21. The van der Waals surface area contributed by atoms with Gasteiger partial charge in [-0.1, -0.05) is 97.1 Å². The maximum absolute atomic E-state index is 11.8. The molecule has 0 saturated heterocycles. The van der Waals surface area contributed by atoms with Crippen LogP contribution >= 0.6 is 0 Å². The number of hydrogen-bond acceptors (Lipinski definition) is 14. The molecule has 365 valence electrons. The topological polar surface area (TPSA) is 242 Å². The van der Waals surface area contributed by atoms with Crippen LogP contribution in [0, 0.1) is 0 Å². The summed E-state index contributed by atoms with van der Waals surface area (Å²) in [6.45, 7) is 4.34. The summed E-state index contributed by atoms with van der Waals surface area (Å²) in [5, 5.41) is 48.2. The molecule has 6 atom stereocenters. The summed E-state index contributed by atoms with van der Waals surface area (Å²) >= 11 is 0. The van der Waals surface area contributed by atoms with Crippen molar-refractivity contribution in [1.29, 1.82) is 0 Å². The van der Waals surface area contributed by atoms with Crippen LogP contribution in [0.1, 0.15) is 55.7 Å². The molecule has 4 aliphatic rings. The van der Waals surface area contributed by atoms with Crippen molar-refractivity contribution in [3.8, 4) is 45.0 Å². The Kier molecular flexibility index (Phi) is 18.6. The fourth-order valence-corrected chi connectivity index (χ4v) is 9.22. The van der Waals surface area contributed by atoms with E-state index in [4.69, 9.17) is 14.9 Å². The first-order valence-corrected chi connectivity index (χ1v) is 22.6. The fraction of sp³-hybridized carbons (Fsp3) is 0.250. The van der Waals surface area contributed by atoms with Gasteiger partial charge in [0.15, 0.2) is 6.10 Å². The summed E-state index contributed by atoms with van der Waals surface area (Å²) in [6, 6.07) is 31.0. The maximum atomic E-state index is 11.8. The predicted molar refractivity (Wildman–Crippen MR) is 263 cm³/mol. The summed E-state index contributed by atoms with van der Waals surface area (Å²) in [4.78, 5) is 47.4. The summed E-state index contributed by atoms with van der Waals surface area (Å²) < 4.78 is 16.9. The average Bonchev–Trinajstić information content (AvgIpc) is 4.26. The Balaban J connectivity index is 0.000000172. The number of carbonyl (C=O) groups excluding carboxylic acids is 3. The SMILES string of the molecule is CCOC(=O)C(O)C1c2ccccc2-c2cncn21.CCOC(=O)C=O.OCC(O)C1c2ccccc2-c2cncn21.OCC(O)C1c2ccccc2-c2cncn21.[B].[H-].[Li+].c1ccc2c(c1)Cn1cncc1-2. The van der Waals surface area contributed by atoms with Crippen LogP contribution in [-0.4, -0.2) is 135 Å². The summed E-state index contributed by atoms with van der Waals surface area (Å²) in [7, 11) is 0. The fourth-order valence-electron chi connectivity index (χ4n) is 9.22. The number of fused-ring (bicyclic) bond motifs is 12. The molecule has 0 bridgehead atoms. The molecule has 18 nitrogen and oxygen atoms in total. The molecular formula is C52H53BLiN8O10. The van der Waals surface area contributed by atoms with Crippen molar-refractivity contribution < 1.29 is 69.7 Å². The second-order valence-corrected chi connectivity index (χ2v) is 16.3. The number of aldehydes is 1. The van der Waals surface area contributed by atoms with Gasteiger partial charge in [0.1, 0.15) is 12.2 Å². The van der Waals surface area contributed by atoms with Gasteiger partial charge in [-0.25, -0.2) is 29.5 Å². The van der Waals surface area contributed by atoms with Crippen molar-refractivity contribution >= 4 is 26.6 Å². The molecule has 8 heterocycles. The largest absolute Gasteiger partial charge is 1.00 e. The van der Waals surface area contributed by atoms with Gasteiger partial charge < -0.3 is 54.7 Å². The van der Waals surface area contributed by atoms with Crippen LogP contribution in [0.15, 0.2) is 147 Å². The van der Waals surface area contributed by atoms with Gasteiger partial charge in [-0.3, -0.25) is 4.79 Å². The zero-order valence-corrected chi connectivity index (χ0v) is 39.9. The maximum Gasteiger partial charge on any atom is 1.00 e. The van der Waals surface area contributed by atoms with E-state index in [1.54, 1.807) is 51.4 Å². The van der Waals surface area contributed by atoms with Crippen LogP contribution in [0.4, 0.5) is 0 Å². The van der Waals surface area contributed by atoms with Crippen LogP contribution in [0.2, 0.25) is 0 Å². The van der Waals surface area contributed by atoms with E-state index in [-0.39, 0.29) is 73.5 Å². The van der Waals surface area contributed by atoms with E-state index in [9.17, 15) is 29.7 Å².